The number of rotatable bonds is 4. The summed E-state index contributed by atoms with van der Waals surface area (Å²) in [4.78, 5) is 2.33. The third-order valence-corrected chi connectivity index (χ3v) is 5.13. The lowest BCUT2D eigenvalue weighted by molar-refractivity contribution is -0.000176. The van der Waals surface area contributed by atoms with E-state index in [0.717, 1.165) is 38.8 Å². The fraction of sp³-hybridized carbons (Fsp3) is 0.667. The van der Waals surface area contributed by atoms with Crippen LogP contribution in [0.15, 0.2) is 30.3 Å². The van der Waals surface area contributed by atoms with E-state index in [0.29, 0.717) is 12.0 Å². The second-order valence-electron chi connectivity index (χ2n) is 6.63. The summed E-state index contributed by atoms with van der Waals surface area (Å²) in [5.74, 6) is 0.576. The molecular formula is C18H27NO2. The third-order valence-electron chi connectivity index (χ3n) is 5.13. The molecule has 4 atom stereocenters. The summed E-state index contributed by atoms with van der Waals surface area (Å²) in [6, 6.07) is 11.0. The van der Waals surface area contributed by atoms with Gasteiger partial charge in [-0.05, 0) is 50.6 Å². The Morgan fingerprint density at radius 2 is 2.00 bits per heavy atom. The van der Waals surface area contributed by atoms with Crippen molar-refractivity contribution in [2.45, 2.75) is 56.3 Å². The van der Waals surface area contributed by atoms with E-state index < -0.39 is 0 Å². The van der Waals surface area contributed by atoms with E-state index in [4.69, 9.17) is 4.74 Å². The standard InChI is InChI=1S/C18H27NO2/c1-19(13-16-8-5-11-21-16)17-12-15(9-10-18(17)20)14-6-3-2-4-7-14/h2-4,6-7,15-18,20H,5,8-13H2,1H3. The van der Waals surface area contributed by atoms with Gasteiger partial charge < -0.3 is 9.84 Å². The number of likely N-dealkylation sites (N-methyl/N-ethyl adjacent to an activating group) is 1. The summed E-state index contributed by atoms with van der Waals surface area (Å²) >= 11 is 0. The Morgan fingerprint density at radius 3 is 2.71 bits per heavy atom. The molecule has 0 aromatic heterocycles. The van der Waals surface area contributed by atoms with Crippen molar-refractivity contribution in [2.75, 3.05) is 20.2 Å². The minimum absolute atomic E-state index is 0.198. The maximum Gasteiger partial charge on any atom is 0.0702 e. The molecule has 1 saturated heterocycles. The van der Waals surface area contributed by atoms with Crippen LogP contribution in [0.3, 0.4) is 0 Å². The molecule has 0 amide bonds. The number of aliphatic hydroxyl groups excluding tert-OH is 1. The van der Waals surface area contributed by atoms with Crippen LogP contribution >= 0.6 is 0 Å². The average molecular weight is 289 g/mol. The number of ether oxygens (including phenoxy) is 1. The Hall–Kier alpha value is -0.900. The molecule has 1 heterocycles. The van der Waals surface area contributed by atoms with Gasteiger partial charge in [-0.15, -0.1) is 0 Å². The van der Waals surface area contributed by atoms with E-state index in [-0.39, 0.29) is 12.1 Å². The molecule has 3 heteroatoms. The first-order valence-electron chi connectivity index (χ1n) is 8.29. The normalized spacial score (nSPS) is 33.5. The van der Waals surface area contributed by atoms with E-state index in [9.17, 15) is 5.11 Å². The second-order valence-corrected chi connectivity index (χ2v) is 6.63. The van der Waals surface area contributed by atoms with Crippen molar-refractivity contribution in [1.29, 1.82) is 0 Å². The molecule has 3 nitrogen and oxygen atoms in total. The highest BCUT2D eigenvalue weighted by Crippen LogP contribution is 2.35. The second kappa shape index (κ2) is 6.91. The van der Waals surface area contributed by atoms with Gasteiger partial charge in [0.15, 0.2) is 0 Å². The number of aliphatic hydroxyl groups is 1. The zero-order chi connectivity index (χ0) is 14.7. The van der Waals surface area contributed by atoms with Crippen LogP contribution in [-0.2, 0) is 4.74 Å². The predicted molar refractivity (Wildman–Crippen MR) is 84.4 cm³/mol. The molecule has 1 aromatic carbocycles. The van der Waals surface area contributed by atoms with Gasteiger partial charge in [0.2, 0.25) is 0 Å². The number of hydrogen-bond acceptors (Lipinski definition) is 3. The van der Waals surface area contributed by atoms with Crippen LogP contribution in [0.4, 0.5) is 0 Å². The van der Waals surface area contributed by atoms with Crippen molar-refractivity contribution < 1.29 is 9.84 Å². The SMILES string of the molecule is CN(CC1CCCO1)C1CC(c2ccccc2)CCC1O. The lowest BCUT2D eigenvalue weighted by atomic mass is 9.79. The van der Waals surface area contributed by atoms with Gasteiger partial charge in [-0.1, -0.05) is 30.3 Å². The Bertz CT molecular complexity index is 430. The molecule has 116 valence electrons. The molecule has 3 rings (SSSR count). The molecule has 21 heavy (non-hydrogen) atoms. The van der Waals surface area contributed by atoms with Crippen LogP contribution in [0.5, 0.6) is 0 Å². The fourth-order valence-electron chi connectivity index (χ4n) is 3.88. The maximum atomic E-state index is 10.4. The van der Waals surface area contributed by atoms with Gasteiger partial charge in [0, 0.05) is 19.2 Å². The van der Waals surface area contributed by atoms with E-state index in [1.807, 2.05) is 0 Å². The summed E-state index contributed by atoms with van der Waals surface area (Å²) in [5, 5.41) is 10.4. The summed E-state index contributed by atoms with van der Waals surface area (Å²) in [7, 11) is 2.14. The van der Waals surface area contributed by atoms with Crippen molar-refractivity contribution >= 4 is 0 Å². The lowest BCUT2D eigenvalue weighted by Crippen LogP contribution is -2.47. The zero-order valence-corrected chi connectivity index (χ0v) is 12.9. The molecule has 0 bridgehead atoms. The molecular weight excluding hydrogens is 262 g/mol. The number of benzene rings is 1. The first kappa shape index (κ1) is 15.0. The van der Waals surface area contributed by atoms with Gasteiger partial charge in [-0.25, -0.2) is 0 Å². The topological polar surface area (TPSA) is 32.7 Å². The maximum absolute atomic E-state index is 10.4. The molecule has 2 fully saturated rings. The monoisotopic (exact) mass is 289 g/mol. The van der Waals surface area contributed by atoms with Crippen molar-refractivity contribution in [3.8, 4) is 0 Å². The van der Waals surface area contributed by atoms with Gasteiger partial charge in [-0.3, -0.25) is 4.90 Å². The quantitative estimate of drug-likeness (QED) is 0.925. The molecule has 1 aliphatic carbocycles. The molecule has 1 aromatic rings. The third kappa shape index (κ3) is 3.65. The Kier molecular flexibility index (Phi) is 4.94. The first-order chi connectivity index (χ1) is 10.2. The van der Waals surface area contributed by atoms with Crippen LogP contribution in [0, 0.1) is 0 Å². The molecule has 0 spiro atoms. The molecule has 4 unspecified atom stereocenters. The summed E-state index contributed by atoms with van der Waals surface area (Å²) in [6.07, 6.45) is 5.55. The van der Waals surface area contributed by atoms with E-state index in [1.54, 1.807) is 0 Å². The smallest absolute Gasteiger partial charge is 0.0702 e. The molecule has 1 N–H and O–H groups in total. The van der Waals surface area contributed by atoms with Crippen LogP contribution in [-0.4, -0.2) is 48.5 Å². The molecule has 0 radical (unpaired) electrons. The van der Waals surface area contributed by atoms with Crippen LogP contribution in [0.2, 0.25) is 0 Å². The number of nitrogens with zero attached hydrogens (tertiary/aromatic N) is 1. The van der Waals surface area contributed by atoms with Gasteiger partial charge >= 0.3 is 0 Å². The minimum atomic E-state index is -0.198. The van der Waals surface area contributed by atoms with Gasteiger partial charge in [0.1, 0.15) is 0 Å². The van der Waals surface area contributed by atoms with Crippen LogP contribution in [0.1, 0.15) is 43.6 Å². The van der Waals surface area contributed by atoms with Crippen molar-refractivity contribution in [2.24, 2.45) is 0 Å². The largest absolute Gasteiger partial charge is 0.391 e. The lowest BCUT2D eigenvalue weighted by Gasteiger charge is -2.39. The Labute approximate surface area is 127 Å². The summed E-state index contributed by atoms with van der Waals surface area (Å²) < 4.78 is 5.74. The Balaban J connectivity index is 1.62. The van der Waals surface area contributed by atoms with Gasteiger partial charge in [0.25, 0.3) is 0 Å². The minimum Gasteiger partial charge on any atom is -0.391 e. The van der Waals surface area contributed by atoms with E-state index in [1.165, 1.54) is 12.0 Å². The van der Waals surface area contributed by atoms with Crippen LogP contribution < -0.4 is 0 Å². The summed E-state index contributed by atoms with van der Waals surface area (Å²) in [5.41, 5.74) is 1.42. The van der Waals surface area contributed by atoms with Crippen molar-refractivity contribution in [3.05, 3.63) is 35.9 Å². The zero-order valence-electron chi connectivity index (χ0n) is 12.9. The first-order valence-corrected chi connectivity index (χ1v) is 8.29. The predicted octanol–water partition coefficient (Wildman–Crippen LogP) is 2.79. The Morgan fingerprint density at radius 1 is 1.19 bits per heavy atom. The highest BCUT2D eigenvalue weighted by atomic mass is 16.5. The molecule has 1 saturated carbocycles. The summed E-state index contributed by atoms with van der Waals surface area (Å²) in [6.45, 7) is 1.85. The highest BCUT2D eigenvalue weighted by Gasteiger charge is 2.33. The number of hydrogen-bond donors (Lipinski definition) is 1. The molecule has 2 aliphatic rings. The average Bonchev–Trinajstić information content (AvgIpc) is 3.01. The highest BCUT2D eigenvalue weighted by molar-refractivity contribution is 5.20. The molecule has 1 aliphatic heterocycles. The van der Waals surface area contributed by atoms with Crippen molar-refractivity contribution in [1.82, 2.24) is 4.90 Å². The van der Waals surface area contributed by atoms with Gasteiger partial charge in [0.05, 0.1) is 12.2 Å². The van der Waals surface area contributed by atoms with Gasteiger partial charge in [-0.2, -0.15) is 0 Å². The van der Waals surface area contributed by atoms with E-state index >= 15 is 0 Å². The van der Waals surface area contributed by atoms with Crippen LogP contribution in [0.25, 0.3) is 0 Å². The van der Waals surface area contributed by atoms with Crippen molar-refractivity contribution in [3.63, 3.8) is 0 Å². The van der Waals surface area contributed by atoms with E-state index in [2.05, 4.69) is 42.3 Å². The fourth-order valence-corrected chi connectivity index (χ4v) is 3.88.